The van der Waals surface area contributed by atoms with E-state index in [9.17, 15) is 0 Å². The van der Waals surface area contributed by atoms with Gasteiger partial charge in [0.25, 0.3) is 0 Å². The van der Waals surface area contributed by atoms with Gasteiger partial charge in [0.15, 0.2) is 5.82 Å². The lowest BCUT2D eigenvalue weighted by atomic mass is 10.3. The largest absolute Gasteiger partial charge is 0.394 e. The molecule has 4 nitrogen and oxygen atoms in total. The number of nitrogen functional groups attached to an aromatic ring is 1. The first-order chi connectivity index (χ1) is 5.75. The number of nitrogens with one attached hydrogen (secondary N) is 1. The van der Waals surface area contributed by atoms with E-state index in [4.69, 9.17) is 5.73 Å². The molecule has 0 aliphatic heterocycles. The molecule has 66 valence electrons. The molecule has 12 heavy (non-hydrogen) atoms. The molecule has 0 aromatic carbocycles. The van der Waals surface area contributed by atoms with Gasteiger partial charge in [-0.25, -0.2) is 9.97 Å². The van der Waals surface area contributed by atoms with Crippen LogP contribution in [0.3, 0.4) is 0 Å². The number of rotatable bonds is 3. The second kappa shape index (κ2) is 3.90. The molecular formula is C8H14N4. The summed E-state index contributed by atoms with van der Waals surface area (Å²) in [6, 6.07) is 0. The first-order valence-corrected chi connectivity index (χ1v) is 4.06. The SMILES string of the molecule is CCCNc1ncnc(C)c1N. The maximum Gasteiger partial charge on any atom is 0.152 e. The highest BCUT2D eigenvalue weighted by atomic mass is 15.0. The molecule has 0 spiro atoms. The predicted molar refractivity (Wildman–Crippen MR) is 50.0 cm³/mol. The lowest BCUT2D eigenvalue weighted by Crippen LogP contribution is -2.07. The molecule has 0 aliphatic rings. The van der Waals surface area contributed by atoms with E-state index in [-0.39, 0.29) is 0 Å². The molecule has 0 saturated heterocycles. The van der Waals surface area contributed by atoms with Crippen LogP contribution in [-0.4, -0.2) is 16.5 Å². The van der Waals surface area contributed by atoms with Gasteiger partial charge in [-0.2, -0.15) is 0 Å². The number of aryl methyl sites for hydroxylation is 1. The van der Waals surface area contributed by atoms with Crippen LogP contribution in [0.25, 0.3) is 0 Å². The Bertz CT molecular complexity index is 259. The Balaban J connectivity index is 2.78. The van der Waals surface area contributed by atoms with Gasteiger partial charge in [-0.05, 0) is 13.3 Å². The summed E-state index contributed by atoms with van der Waals surface area (Å²) < 4.78 is 0. The highest BCUT2D eigenvalue weighted by molar-refractivity contribution is 5.62. The van der Waals surface area contributed by atoms with Gasteiger partial charge in [0.2, 0.25) is 0 Å². The lowest BCUT2D eigenvalue weighted by Gasteiger charge is -2.07. The van der Waals surface area contributed by atoms with Crippen LogP contribution in [-0.2, 0) is 0 Å². The average Bonchev–Trinajstić information content (AvgIpc) is 2.08. The molecular weight excluding hydrogens is 152 g/mol. The van der Waals surface area contributed by atoms with E-state index in [0.717, 1.165) is 24.5 Å². The number of anilines is 2. The molecule has 0 saturated carbocycles. The molecule has 1 aromatic rings. The predicted octanol–water partition coefficient (Wildman–Crippen LogP) is 1.19. The quantitative estimate of drug-likeness (QED) is 0.708. The summed E-state index contributed by atoms with van der Waals surface area (Å²) in [7, 11) is 0. The maximum atomic E-state index is 5.74. The van der Waals surface area contributed by atoms with Crippen molar-refractivity contribution < 1.29 is 0 Å². The molecule has 0 unspecified atom stereocenters. The summed E-state index contributed by atoms with van der Waals surface area (Å²) in [4.78, 5) is 8.00. The molecule has 0 amide bonds. The Kier molecular flexibility index (Phi) is 2.85. The number of hydrogen-bond acceptors (Lipinski definition) is 4. The van der Waals surface area contributed by atoms with Gasteiger partial charge < -0.3 is 11.1 Å². The van der Waals surface area contributed by atoms with E-state index in [0.29, 0.717) is 5.69 Å². The number of nitrogens with zero attached hydrogens (tertiary/aromatic N) is 2. The molecule has 0 aliphatic carbocycles. The average molecular weight is 166 g/mol. The van der Waals surface area contributed by atoms with Crippen LogP contribution < -0.4 is 11.1 Å². The zero-order valence-electron chi connectivity index (χ0n) is 7.46. The van der Waals surface area contributed by atoms with Crippen LogP contribution in [0.4, 0.5) is 11.5 Å². The number of hydrogen-bond donors (Lipinski definition) is 2. The smallest absolute Gasteiger partial charge is 0.152 e. The standard InChI is InChI=1S/C8H14N4/c1-3-4-10-8-7(9)6(2)11-5-12-8/h5H,3-4,9H2,1-2H3,(H,10,11,12). The Morgan fingerprint density at radius 3 is 2.92 bits per heavy atom. The van der Waals surface area contributed by atoms with Gasteiger partial charge >= 0.3 is 0 Å². The van der Waals surface area contributed by atoms with Crippen molar-refractivity contribution in [2.45, 2.75) is 20.3 Å². The molecule has 0 atom stereocenters. The van der Waals surface area contributed by atoms with E-state index in [2.05, 4.69) is 22.2 Å². The van der Waals surface area contributed by atoms with E-state index in [1.807, 2.05) is 6.92 Å². The minimum absolute atomic E-state index is 0.644. The summed E-state index contributed by atoms with van der Waals surface area (Å²) in [6.45, 7) is 4.85. The van der Waals surface area contributed by atoms with Crippen molar-refractivity contribution >= 4 is 11.5 Å². The Hall–Kier alpha value is -1.32. The van der Waals surface area contributed by atoms with Crippen molar-refractivity contribution in [3.8, 4) is 0 Å². The lowest BCUT2D eigenvalue weighted by molar-refractivity contribution is 0.962. The third kappa shape index (κ3) is 1.84. The van der Waals surface area contributed by atoms with Gasteiger partial charge in [-0.1, -0.05) is 6.92 Å². The Labute approximate surface area is 72.2 Å². The van der Waals surface area contributed by atoms with E-state index >= 15 is 0 Å². The van der Waals surface area contributed by atoms with E-state index in [1.54, 1.807) is 0 Å². The molecule has 0 bridgehead atoms. The van der Waals surface area contributed by atoms with Crippen molar-refractivity contribution in [2.75, 3.05) is 17.6 Å². The summed E-state index contributed by atoms with van der Waals surface area (Å²) in [5.41, 5.74) is 7.20. The van der Waals surface area contributed by atoms with Crippen LogP contribution in [0, 0.1) is 6.92 Å². The molecule has 0 radical (unpaired) electrons. The van der Waals surface area contributed by atoms with E-state index < -0.39 is 0 Å². The van der Waals surface area contributed by atoms with Crippen molar-refractivity contribution in [1.82, 2.24) is 9.97 Å². The fraction of sp³-hybridized carbons (Fsp3) is 0.500. The van der Waals surface area contributed by atoms with Crippen LogP contribution in [0.15, 0.2) is 6.33 Å². The van der Waals surface area contributed by atoms with Gasteiger partial charge in [-0.15, -0.1) is 0 Å². The van der Waals surface area contributed by atoms with Gasteiger partial charge in [0, 0.05) is 6.54 Å². The summed E-state index contributed by atoms with van der Waals surface area (Å²) in [5, 5.41) is 3.13. The first kappa shape index (κ1) is 8.77. The van der Waals surface area contributed by atoms with Crippen molar-refractivity contribution in [3.05, 3.63) is 12.0 Å². The molecule has 4 heteroatoms. The molecule has 1 rings (SSSR count). The van der Waals surface area contributed by atoms with Gasteiger partial charge in [0.1, 0.15) is 6.33 Å². The fourth-order valence-corrected chi connectivity index (χ4v) is 0.868. The van der Waals surface area contributed by atoms with Gasteiger partial charge in [0.05, 0.1) is 11.4 Å². The van der Waals surface area contributed by atoms with Crippen molar-refractivity contribution in [1.29, 1.82) is 0 Å². The van der Waals surface area contributed by atoms with Crippen LogP contribution in [0.2, 0.25) is 0 Å². The monoisotopic (exact) mass is 166 g/mol. The third-order valence-electron chi connectivity index (χ3n) is 1.63. The van der Waals surface area contributed by atoms with Crippen LogP contribution in [0.5, 0.6) is 0 Å². The Morgan fingerprint density at radius 1 is 1.50 bits per heavy atom. The zero-order valence-corrected chi connectivity index (χ0v) is 7.46. The second-order valence-corrected chi connectivity index (χ2v) is 2.65. The first-order valence-electron chi connectivity index (χ1n) is 4.06. The number of aromatic nitrogens is 2. The molecule has 0 fully saturated rings. The second-order valence-electron chi connectivity index (χ2n) is 2.65. The highest BCUT2D eigenvalue weighted by Gasteiger charge is 2.01. The minimum atomic E-state index is 0.644. The molecule has 1 aromatic heterocycles. The zero-order chi connectivity index (χ0) is 8.97. The summed E-state index contributed by atoms with van der Waals surface area (Å²) in [6.07, 6.45) is 2.58. The van der Waals surface area contributed by atoms with Crippen molar-refractivity contribution in [2.24, 2.45) is 0 Å². The number of nitrogens with two attached hydrogens (primary N) is 1. The summed E-state index contributed by atoms with van der Waals surface area (Å²) >= 11 is 0. The van der Waals surface area contributed by atoms with E-state index in [1.165, 1.54) is 6.33 Å². The normalized spacial score (nSPS) is 9.83. The van der Waals surface area contributed by atoms with Crippen molar-refractivity contribution in [3.63, 3.8) is 0 Å². The summed E-state index contributed by atoms with van der Waals surface area (Å²) in [5.74, 6) is 0.740. The van der Waals surface area contributed by atoms with Crippen LogP contribution in [0.1, 0.15) is 19.0 Å². The topological polar surface area (TPSA) is 63.8 Å². The molecule has 3 N–H and O–H groups in total. The minimum Gasteiger partial charge on any atom is -0.394 e. The van der Waals surface area contributed by atoms with Crippen LogP contribution >= 0.6 is 0 Å². The highest BCUT2D eigenvalue weighted by Crippen LogP contribution is 2.15. The maximum absolute atomic E-state index is 5.74. The fourth-order valence-electron chi connectivity index (χ4n) is 0.868. The third-order valence-corrected chi connectivity index (χ3v) is 1.63. The Morgan fingerprint density at radius 2 is 2.25 bits per heavy atom. The van der Waals surface area contributed by atoms with Gasteiger partial charge in [-0.3, -0.25) is 0 Å². The molecule has 1 heterocycles.